The summed E-state index contributed by atoms with van der Waals surface area (Å²) >= 11 is 0. The molecule has 1 heterocycles. The largest absolute Gasteiger partial charge is 0.487 e. The van der Waals surface area contributed by atoms with Crippen molar-refractivity contribution >= 4 is 21.6 Å². The molecule has 0 bridgehead atoms. The average molecular weight is 453 g/mol. The van der Waals surface area contributed by atoms with Crippen molar-refractivity contribution < 1.29 is 26.7 Å². The second-order valence-corrected chi connectivity index (χ2v) is 10.4. The van der Waals surface area contributed by atoms with Gasteiger partial charge in [0.25, 0.3) is 0 Å². The van der Waals surface area contributed by atoms with E-state index in [0.29, 0.717) is 12.2 Å². The number of hydrogen-bond donors (Lipinski definition) is 1. The van der Waals surface area contributed by atoms with Gasteiger partial charge in [-0.25, -0.2) is 17.2 Å². The summed E-state index contributed by atoms with van der Waals surface area (Å²) in [5, 5.41) is 2.91. The molecule has 0 saturated heterocycles. The zero-order chi connectivity index (χ0) is 23.1. The third-order valence-corrected chi connectivity index (χ3v) is 6.43. The molecule has 168 valence electrons. The van der Waals surface area contributed by atoms with Crippen LogP contribution in [0, 0.1) is 18.6 Å². The van der Waals surface area contributed by atoms with Gasteiger partial charge in [-0.1, -0.05) is 17.7 Å². The van der Waals surface area contributed by atoms with E-state index in [4.69, 9.17) is 4.74 Å². The number of carbonyl (C=O) groups is 1. The zero-order valence-electron chi connectivity index (χ0n) is 18.1. The summed E-state index contributed by atoms with van der Waals surface area (Å²) in [5.74, 6) is -2.22. The highest BCUT2D eigenvalue weighted by molar-refractivity contribution is 7.92. The second-order valence-electron chi connectivity index (χ2n) is 8.50. The molecule has 0 saturated carbocycles. The maximum atomic E-state index is 13.7. The van der Waals surface area contributed by atoms with E-state index in [1.165, 1.54) is 6.92 Å². The van der Waals surface area contributed by atoms with Gasteiger partial charge in [0.2, 0.25) is 15.9 Å². The van der Waals surface area contributed by atoms with Crippen LogP contribution in [-0.4, -0.2) is 32.2 Å². The Hall–Kier alpha value is -2.68. The van der Waals surface area contributed by atoms with Crippen molar-refractivity contribution in [1.82, 2.24) is 5.32 Å². The van der Waals surface area contributed by atoms with Gasteiger partial charge in [0, 0.05) is 18.1 Å². The van der Waals surface area contributed by atoms with Crippen molar-refractivity contribution in [1.29, 1.82) is 0 Å². The molecule has 1 aliphatic rings. The first-order valence-electron chi connectivity index (χ1n) is 9.83. The van der Waals surface area contributed by atoms with Gasteiger partial charge < -0.3 is 10.1 Å². The first kappa shape index (κ1) is 23.0. The Kier molecular flexibility index (Phi) is 6.01. The number of carbonyl (C=O) groups excluding carboxylic acids is 1. The molecular formula is C22H26F2N2O4S. The molecule has 0 aromatic heterocycles. The minimum atomic E-state index is -3.96. The van der Waals surface area contributed by atoms with E-state index in [0.717, 1.165) is 39.9 Å². The van der Waals surface area contributed by atoms with Crippen molar-refractivity contribution in [3.63, 3.8) is 0 Å². The predicted octanol–water partition coefficient (Wildman–Crippen LogP) is 3.85. The highest BCUT2D eigenvalue weighted by Gasteiger charge is 2.37. The third kappa shape index (κ3) is 4.98. The van der Waals surface area contributed by atoms with E-state index in [-0.39, 0.29) is 5.69 Å². The number of rotatable bonds is 5. The molecule has 9 heteroatoms. The Morgan fingerprint density at radius 3 is 2.48 bits per heavy atom. The van der Waals surface area contributed by atoms with Crippen LogP contribution in [0.25, 0.3) is 0 Å². The lowest BCUT2D eigenvalue weighted by molar-refractivity contribution is -0.123. The van der Waals surface area contributed by atoms with Gasteiger partial charge in [0.05, 0.1) is 18.0 Å². The molecule has 2 aromatic carbocycles. The lowest BCUT2D eigenvalue weighted by atomic mass is 9.89. The van der Waals surface area contributed by atoms with Crippen molar-refractivity contribution in [2.45, 2.75) is 51.8 Å². The van der Waals surface area contributed by atoms with E-state index in [9.17, 15) is 22.0 Å². The van der Waals surface area contributed by atoms with Crippen molar-refractivity contribution in [3.05, 3.63) is 59.2 Å². The van der Waals surface area contributed by atoms with Crippen molar-refractivity contribution in [2.75, 3.05) is 10.6 Å². The van der Waals surface area contributed by atoms with Crippen LogP contribution in [-0.2, 0) is 14.8 Å². The minimum absolute atomic E-state index is 0.132. The van der Waals surface area contributed by atoms with Gasteiger partial charge in [-0.05, 0) is 45.9 Å². The van der Waals surface area contributed by atoms with Crippen LogP contribution < -0.4 is 14.4 Å². The van der Waals surface area contributed by atoms with Crippen LogP contribution in [0.3, 0.4) is 0 Å². The molecule has 31 heavy (non-hydrogen) atoms. The molecule has 1 amide bonds. The number of amides is 1. The molecule has 1 aliphatic heterocycles. The Morgan fingerprint density at radius 2 is 1.87 bits per heavy atom. The highest BCUT2D eigenvalue weighted by Crippen LogP contribution is 2.40. The maximum absolute atomic E-state index is 13.7. The van der Waals surface area contributed by atoms with E-state index >= 15 is 0 Å². The average Bonchev–Trinajstić information content (AvgIpc) is 2.63. The van der Waals surface area contributed by atoms with Gasteiger partial charge in [0.15, 0.2) is 11.6 Å². The van der Waals surface area contributed by atoms with Gasteiger partial charge in [-0.3, -0.25) is 9.10 Å². The Labute approximate surface area is 181 Å². The van der Waals surface area contributed by atoms with Crippen molar-refractivity contribution in [2.24, 2.45) is 0 Å². The summed E-state index contributed by atoms with van der Waals surface area (Å²) in [6, 6.07) is 6.79. The van der Waals surface area contributed by atoms with Gasteiger partial charge in [-0.2, -0.15) is 0 Å². The molecule has 0 aliphatic carbocycles. The normalized spacial score (nSPS) is 18.5. The summed E-state index contributed by atoms with van der Waals surface area (Å²) in [5.41, 5.74) is 1.13. The van der Waals surface area contributed by atoms with Gasteiger partial charge in [0.1, 0.15) is 17.4 Å². The number of halogens is 2. The number of ether oxygens (including phenoxy) is 1. The fourth-order valence-corrected chi connectivity index (χ4v) is 4.99. The van der Waals surface area contributed by atoms with Gasteiger partial charge >= 0.3 is 0 Å². The van der Waals surface area contributed by atoms with E-state index in [2.05, 4.69) is 5.32 Å². The SMILES string of the molecule is Cc1ccc2c(c1)C(NC(=O)C(C)N(c1ccc(F)c(F)c1)S(C)(=O)=O)CC(C)(C)O2. The van der Waals surface area contributed by atoms with Gasteiger partial charge in [-0.15, -0.1) is 0 Å². The molecule has 1 N–H and O–H groups in total. The first-order chi connectivity index (χ1) is 14.3. The zero-order valence-corrected chi connectivity index (χ0v) is 18.9. The monoisotopic (exact) mass is 452 g/mol. The number of nitrogens with zero attached hydrogens (tertiary/aromatic N) is 1. The molecule has 0 radical (unpaired) electrons. The maximum Gasteiger partial charge on any atom is 0.244 e. The first-order valence-corrected chi connectivity index (χ1v) is 11.7. The number of nitrogens with one attached hydrogen (secondary N) is 1. The number of anilines is 1. The van der Waals surface area contributed by atoms with Crippen LogP contribution in [0.4, 0.5) is 14.5 Å². The number of fused-ring (bicyclic) bond motifs is 1. The third-order valence-electron chi connectivity index (χ3n) is 5.19. The molecule has 0 fully saturated rings. The summed E-state index contributed by atoms with van der Waals surface area (Å²) in [6.45, 7) is 7.14. The van der Waals surface area contributed by atoms with Crippen LogP contribution in [0.1, 0.15) is 44.4 Å². The molecular weight excluding hydrogens is 426 g/mol. The summed E-state index contributed by atoms with van der Waals surface area (Å²) in [6.07, 6.45) is 1.39. The quantitative estimate of drug-likeness (QED) is 0.748. The van der Waals surface area contributed by atoms with Crippen molar-refractivity contribution in [3.8, 4) is 5.75 Å². The summed E-state index contributed by atoms with van der Waals surface area (Å²) < 4.78 is 58.7. The summed E-state index contributed by atoms with van der Waals surface area (Å²) in [4.78, 5) is 13.1. The van der Waals surface area contributed by atoms with Crippen LogP contribution >= 0.6 is 0 Å². The smallest absolute Gasteiger partial charge is 0.244 e. The van der Waals surface area contributed by atoms with Crippen LogP contribution in [0.5, 0.6) is 5.75 Å². The molecule has 3 rings (SSSR count). The standard InChI is InChI=1S/C22H26F2N2O4S/c1-13-6-9-20-16(10-13)19(12-22(3,4)30-20)25-21(27)14(2)26(31(5,28)29)15-7-8-17(23)18(24)11-15/h6-11,14,19H,12H2,1-5H3,(H,25,27). The van der Waals surface area contributed by atoms with E-state index in [1.54, 1.807) is 0 Å². The predicted molar refractivity (Wildman–Crippen MR) is 115 cm³/mol. The molecule has 2 aromatic rings. The van der Waals surface area contributed by atoms with E-state index < -0.39 is 45.2 Å². The second kappa shape index (κ2) is 8.11. The Balaban J connectivity index is 1.92. The molecule has 6 nitrogen and oxygen atoms in total. The Bertz CT molecular complexity index is 1120. The lowest BCUT2D eigenvalue weighted by Crippen LogP contribution is -2.50. The molecule has 2 atom stereocenters. The van der Waals surface area contributed by atoms with Crippen LogP contribution in [0.15, 0.2) is 36.4 Å². The Morgan fingerprint density at radius 1 is 1.19 bits per heavy atom. The number of aryl methyl sites for hydroxylation is 1. The van der Waals surface area contributed by atoms with Crippen LogP contribution in [0.2, 0.25) is 0 Å². The highest BCUT2D eigenvalue weighted by atomic mass is 32.2. The van der Waals surface area contributed by atoms with E-state index in [1.807, 2.05) is 39.0 Å². The lowest BCUT2D eigenvalue weighted by Gasteiger charge is -2.39. The topological polar surface area (TPSA) is 75.7 Å². The molecule has 2 unspecified atom stereocenters. The number of benzene rings is 2. The molecule has 0 spiro atoms. The minimum Gasteiger partial charge on any atom is -0.487 e. The number of sulfonamides is 1. The number of hydrogen-bond acceptors (Lipinski definition) is 4. The summed E-state index contributed by atoms with van der Waals surface area (Å²) in [7, 11) is -3.96. The fraction of sp³-hybridized carbons (Fsp3) is 0.409. The fourth-order valence-electron chi connectivity index (χ4n) is 3.83.